The molecule has 32 heavy (non-hydrogen) atoms. The first-order chi connectivity index (χ1) is 15.4. The van der Waals surface area contributed by atoms with Crippen LogP contribution in [0.25, 0.3) is 11.4 Å². The van der Waals surface area contributed by atoms with Crippen LogP contribution in [-0.4, -0.2) is 14.5 Å². The topological polar surface area (TPSA) is 61.3 Å². The highest BCUT2D eigenvalue weighted by molar-refractivity contribution is 7.71. The van der Waals surface area contributed by atoms with Gasteiger partial charge in [-0.15, -0.1) is 5.10 Å². The van der Waals surface area contributed by atoms with Crippen molar-refractivity contribution in [1.29, 1.82) is 0 Å². The molecule has 1 aromatic heterocycles. The molecule has 2 N–H and O–H groups in total. The Morgan fingerprint density at radius 2 is 1.66 bits per heavy atom. The van der Waals surface area contributed by atoms with E-state index in [-0.39, 0.29) is 18.5 Å². The third kappa shape index (κ3) is 3.51. The highest BCUT2D eigenvalue weighted by atomic mass is 35.5. The van der Waals surface area contributed by atoms with Crippen molar-refractivity contribution in [3.8, 4) is 11.4 Å². The van der Waals surface area contributed by atoms with Crippen LogP contribution in [0.3, 0.4) is 0 Å². The molecular formula is C23H17Cl2FN4OS. The third-order valence-corrected chi connectivity index (χ3v) is 6.67. The number of aromatic nitrogens is 3. The molecule has 9 heteroatoms. The molecule has 0 unspecified atom stereocenters. The molecule has 1 aliphatic heterocycles. The van der Waals surface area contributed by atoms with Gasteiger partial charge < -0.3 is 10.6 Å². The molecule has 2 atom stereocenters. The number of nitrogens with two attached hydrogens (primary N) is 1. The smallest absolute Gasteiger partial charge is 0.217 e. The van der Waals surface area contributed by atoms with E-state index in [1.165, 1.54) is 16.8 Å². The number of hydrogen-bond acceptors (Lipinski definition) is 4. The first-order valence-corrected chi connectivity index (χ1v) is 11.0. The van der Waals surface area contributed by atoms with Crippen molar-refractivity contribution in [2.75, 3.05) is 5.84 Å². The van der Waals surface area contributed by atoms with Gasteiger partial charge in [0, 0.05) is 16.1 Å². The predicted octanol–water partition coefficient (Wildman–Crippen LogP) is 5.91. The van der Waals surface area contributed by atoms with Crippen LogP contribution >= 0.6 is 35.4 Å². The molecule has 0 bridgehead atoms. The predicted molar refractivity (Wildman–Crippen MR) is 125 cm³/mol. The van der Waals surface area contributed by atoms with E-state index < -0.39 is 5.60 Å². The summed E-state index contributed by atoms with van der Waals surface area (Å²) in [5.74, 6) is 6.34. The van der Waals surface area contributed by atoms with Gasteiger partial charge >= 0.3 is 0 Å². The van der Waals surface area contributed by atoms with Crippen LogP contribution in [0.1, 0.15) is 17.2 Å². The van der Waals surface area contributed by atoms with Crippen molar-refractivity contribution in [3.63, 3.8) is 0 Å². The molecule has 0 amide bonds. The van der Waals surface area contributed by atoms with Crippen molar-refractivity contribution < 1.29 is 9.13 Å². The Labute approximate surface area is 198 Å². The maximum absolute atomic E-state index is 13.6. The first-order valence-electron chi connectivity index (χ1n) is 9.79. The van der Waals surface area contributed by atoms with Crippen LogP contribution in [0.5, 0.6) is 0 Å². The summed E-state index contributed by atoms with van der Waals surface area (Å²) in [4.78, 5) is 0. The maximum atomic E-state index is 13.6. The second-order valence-electron chi connectivity index (χ2n) is 7.53. The Balaban J connectivity index is 1.59. The summed E-state index contributed by atoms with van der Waals surface area (Å²) >= 11 is 18.3. The molecule has 0 spiro atoms. The largest absolute Gasteiger partial charge is 0.354 e. The molecule has 5 nitrogen and oxygen atoms in total. The van der Waals surface area contributed by atoms with E-state index in [2.05, 4.69) is 5.10 Å². The van der Waals surface area contributed by atoms with Crippen molar-refractivity contribution in [1.82, 2.24) is 14.5 Å². The molecule has 0 radical (unpaired) electrons. The number of benzene rings is 3. The van der Waals surface area contributed by atoms with Crippen molar-refractivity contribution in [3.05, 3.63) is 105 Å². The van der Waals surface area contributed by atoms with Gasteiger partial charge in [0.25, 0.3) is 0 Å². The summed E-state index contributed by atoms with van der Waals surface area (Å²) in [6, 6.07) is 20.9. The fraction of sp³-hybridized carbons (Fsp3) is 0.130. The number of epoxide rings is 1. The molecule has 0 saturated carbocycles. The summed E-state index contributed by atoms with van der Waals surface area (Å²) in [6.45, 7) is 0.259. The van der Waals surface area contributed by atoms with Crippen molar-refractivity contribution in [2.45, 2.75) is 18.2 Å². The Hall–Kier alpha value is -2.71. The molecule has 162 valence electrons. The van der Waals surface area contributed by atoms with Crippen molar-refractivity contribution in [2.24, 2.45) is 0 Å². The standard InChI is InChI=1S/C23H17Cl2FN4OS/c24-18-7-3-1-5-16(18)20-23(31-20,14-9-11-15(26)12-10-14)13-29-22(32)30(27)21(28-29)17-6-2-4-8-19(17)25/h1-12,20H,13,27H2/t20-,23+/m0/s1. The van der Waals surface area contributed by atoms with E-state index in [4.69, 9.17) is 46.0 Å². The van der Waals surface area contributed by atoms with E-state index in [0.29, 0.717) is 26.2 Å². The number of halogens is 3. The number of ether oxygens (including phenoxy) is 1. The molecule has 1 fully saturated rings. The zero-order valence-electron chi connectivity index (χ0n) is 16.6. The van der Waals surface area contributed by atoms with Gasteiger partial charge in [-0.2, -0.15) is 0 Å². The summed E-state index contributed by atoms with van der Waals surface area (Å²) in [7, 11) is 0. The number of nitrogen functional groups attached to an aromatic ring is 1. The van der Waals surface area contributed by atoms with Gasteiger partial charge in [-0.1, -0.05) is 65.7 Å². The summed E-state index contributed by atoms with van der Waals surface area (Å²) in [5, 5.41) is 5.74. The SMILES string of the molecule is Nn1c(-c2ccccc2Cl)nn(C[C@]2(c3ccc(F)cc3)O[C@H]2c2ccccc2Cl)c1=S. The Bertz CT molecular complexity index is 1370. The average molecular weight is 487 g/mol. The molecule has 5 rings (SSSR count). The van der Waals surface area contributed by atoms with E-state index in [1.54, 1.807) is 22.9 Å². The highest BCUT2D eigenvalue weighted by Crippen LogP contribution is 2.59. The summed E-state index contributed by atoms with van der Waals surface area (Å²) in [5.41, 5.74) is 1.46. The average Bonchev–Trinajstić information content (AvgIpc) is 3.44. The van der Waals surface area contributed by atoms with Gasteiger partial charge in [-0.25, -0.2) is 13.7 Å². The van der Waals surface area contributed by atoms with Crippen LogP contribution in [0, 0.1) is 10.6 Å². The molecule has 2 heterocycles. The molecular weight excluding hydrogens is 470 g/mol. The molecule has 4 aromatic rings. The fourth-order valence-electron chi connectivity index (χ4n) is 3.91. The van der Waals surface area contributed by atoms with Gasteiger partial charge in [0.05, 0.1) is 11.6 Å². The van der Waals surface area contributed by atoms with E-state index in [1.807, 2.05) is 42.5 Å². The maximum Gasteiger partial charge on any atom is 0.217 e. The summed E-state index contributed by atoms with van der Waals surface area (Å²) in [6.07, 6.45) is -0.352. The first kappa shape index (κ1) is 21.2. The Morgan fingerprint density at radius 3 is 2.34 bits per heavy atom. The fourth-order valence-corrected chi connectivity index (χ4v) is 4.56. The van der Waals surface area contributed by atoms with Crippen LogP contribution in [0.15, 0.2) is 72.8 Å². The lowest BCUT2D eigenvalue weighted by atomic mass is 9.91. The zero-order chi connectivity index (χ0) is 22.5. The van der Waals surface area contributed by atoms with Gasteiger partial charge in [-0.3, -0.25) is 0 Å². The lowest BCUT2D eigenvalue weighted by Crippen LogP contribution is -2.21. The van der Waals surface area contributed by atoms with E-state index >= 15 is 0 Å². The lowest BCUT2D eigenvalue weighted by Gasteiger charge is -2.14. The molecule has 0 aliphatic carbocycles. The quantitative estimate of drug-likeness (QED) is 0.216. The van der Waals surface area contributed by atoms with Gasteiger partial charge in [0.1, 0.15) is 17.5 Å². The van der Waals surface area contributed by atoms with Crippen LogP contribution in [0.2, 0.25) is 10.0 Å². The van der Waals surface area contributed by atoms with Crippen molar-refractivity contribution >= 4 is 35.4 Å². The minimum Gasteiger partial charge on any atom is -0.354 e. The minimum absolute atomic E-state index is 0.259. The third-order valence-electron chi connectivity index (χ3n) is 5.58. The normalized spacial score (nSPS) is 19.8. The zero-order valence-corrected chi connectivity index (χ0v) is 18.9. The van der Waals surface area contributed by atoms with Crippen LogP contribution in [-0.2, 0) is 16.9 Å². The second-order valence-corrected chi connectivity index (χ2v) is 8.71. The Kier molecular flexibility index (Phi) is 5.29. The highest BCUT2D eigenvalue weighted by Gasteiger charge is 2.59. The summed E-state index contributed by atoms with van der Waals surface area (Å²) < 4.78 is 23.1. The number of nitrogens with zero attached hydrogens (tertiary/aromatic N) is 3. The second kappa shape index (κ2) is 8.01. The molecule has 1 aliphatic rings. The van der Waals surface area contributed by atoms with E-state index in [9.17, 15) is 4.39 Å². The van der Waals surface area contributed by atoms with Crippen LogP contribution in [0.4, 0.5) is 4.39 Å². The monoisotopic (exact) mass is 486 g/mol. The van der Waals surface area contributed by atoms with Gasteiger partial charge in [0.15, 0.2) is 5.82 Å². The van der Waals surface area contributed by atoms with E-state index in [0.717, 1.165) is 11.1 Å². The molecule has 3 aromatic carbocycles. The lowest BCUT2D eigenvalue weighted by molar-refractivity contribution is 0.261. The Morgan fingerprint density at radius 1 is 1.00 bits per heavy atom. The minimum atomic E-state index is -0.830. The van der Waals surface area contributed by atoms with Gasteiger partial charge in [-0.05, 0) is 48.1 Å². The van der Waals surface area contributed by atoms with Crippen LogP contribution < -0.4 is 5.84 Å². The number of hydrogen-bond donors (Lipinski definition) is 1. The number of rotatable bonds is 5. The van der Waals surface area contributed by atoms with Gasteiger partial charge in [0.2, 0.25) is 4.77 Å². The molecule has 1 saturated heterocycles.